The smallest absolute Gasteiger partial charge is 0.135 e. The van der Waals surface area contributed by atoms with Gasteiger partial charge in [-0.25, -0.2) is 0 Å². The van der Waals surface area contributed by atoms with E-state index in [-0.39, 0.29) is 0 Å². The van der Waals surface area contributed by atoms with Crippen molar-refractivity contribution in [1.82, 2.24) is 0 Å². The Morgan fingerprint density at radius 2 is 0.656 bits per heavy atom. The summed E-state index contributed by atoms with van der Waals surface area (Å²) in [5, 5.41) is 4.61. The van der Waals surface area contributed by atoms with Gasteiger partial charge in [-0.3, -0.25) is 0 Å². The van der Waals surface area contributed by atoms with Gasteiger partial charge in [0.2, 0.25) is 0 Å². The normalized spacial score (nSPS) is 11.3. The van der Waals surface area contributed by atoms with Crippen LogP contribution in [0, 0.1) is 0 Å². The molecule has 0 aliphatic rings. The van der Waals surface area contributed by atoms with Crippen molar-refractivity contribution in [3.05, 3.63) is 243 Å². The van der Waals surface area contributed by atoms with Crippen molar-refractivity contribution in [2.24, 2.45) is 0 Å². The molecule has 0 aliphatic carbocycles. The van der Waals surface area contributed by atoms with Crippen molar-refractivity contribution in [3.8, 4) is 33.4 Å². The lowest BCUT2D eigenvalue weighted by atomic mass is 10.00. The van der Waals surface area contributed by atoms with E-state index >= 15 is 0 Å². The molecule has 0 saturated heterocycles. The third kappa shape index (κ3) is 6.88. The maximum atomic E-state index is 6.22. The number of rotatable bonds is 9. The lowest BCUT2D eigenvalue weighted by Gasteiger charge is -2.27. The summed E-state index contributed by atoms with van der Waals surface area (Å²) in [6, 6.07) is 86.5. The van der Waals surface area contributed by atoms with Crippen LogP contribution in [0.1, 0.15) is 0 Å². The second-order valence-electron chi connectivity index (χ2n) is 15.4. The first-order valence-corrected chi connectivity index (χ1v) is 20.7. The van der Waals surface area contributed by atoms with Gasteiger partial charge in [0.15, 0.2) is 0 Å². The summed E-state index contributed by atoms with van der Waals surface area (Å²) in [7, 11) is 0. The number of fused-ring (bicyclic) bond motifs is 4. The van der Waals surface area contributed by atoms with Crippen LogP contribution < -0.4 is 9.80 Å². The third-order valence-corrected chi connectivity index (χ3v) is 11.7. The van der Waals surface area contributed by atoms with Gasteiger partial charge in [-0.05, 0) is 118 Å². The summed E-state index contributed by atoms with van der Waals surface area (Å²) in [6.45, 7) is 0. The second-order valence-corrected chi connectivity index (χ2v) is 15.4. The molecule has 0 radical (unpaired) electrons. The Morgan fingerprint density at radius 1 is 0.246 bits per heavy atom. The van der Waals surface area contributed by atoms with Crippen LogP contribution in [0.15, 0.2) is 247 Å². The van der Waals surface area contributed by atoms with E-state index in [0.29, 0.717) is 0 Å². The Labute approximate surface area is 355 Å². The molecule has 0 amide bonds. The topological polar surface area (TPSA) is 19.6 Å². The highest BCUT2D eigenvalue weighted by molar-refractivity contribution is 6.07. The lowest BCUT2D eigenvalue weighted by molar-refractivity contribution is 0.669. The first kappa shape index (κ1) is 36.0. The van der Waals surface area contributed by atoms with Gasteiger partial charge in [0, 0.05) is 44.6 Å². The van der Waals surface area contributed by atoms with Gasteiger partial charge in [-0.1, -0.05) is 164 Å². The molecule has 0 atom stereocenters. The first-order chi connectivity index (χ1) is 30.2. The first-order valence-electron chi connectivity index (χ1n) is 20.7. The molecule has 0 saturated carbocycles. The zero-order valence-electron chi connectivity index (χ0n) is 33.4. The summed E-state index contributed by atoms with van der Waals surface area (Å²) in [4.78, 5) is 4.68. The molecule has 0 fully saturated rings. The summed E-state index contributed by atoms with van der Waals surface area (Å²) in [5.74, 6) is 0. The van der Waals surface area contributed by atoms with Gasteiger partial charge in [-0.15, -0.1) is 0 Å². The molecular formula is C58H40N2O. The third-order valence-electron chi connectivity index (χ3n) is 11.7. The number of hydrogen-bond acceptors (Lipinski definition) is 3. The summed E-state index contributed by atoms with van der Waals surface area (Å²) in [5.41, 5.74) is 15.5. The van der Waals surface area contributed by atoms with Crippen molar-refractivity contribution in [3.63, 3.8) is 0 Å². The SMILES string of the molecule is c1ccc(-c2ccc(-c3ccc(N(c4ccccc4)c4ccc(-c5ccc(N(c6ccc7oc8ccccc8c7c6)c6cccc7ccccc67)cc5)cc4)cc3)cc2)cc1. The zero-order valence-corrected chi connectivity index (χ0v) is 33.4. The minimum absolute atomic E-state index is 0.884. The number of para-hydroxylation sites is 2. The minimum atomic E-state index is 0.884. The molecule has 1 aromatic heterocycles. The van der Waals surface area contributed by atoms with Gasteiger partial charge in [0.05, 0.1) is 5.69 Å². The Hall–Kier alpha value is -8.14. The van der Waals surface area contributed by atoms with Gasteiger partial charge in [-0.2, -0.15) is 0 Å². The van der Waals surface area contributed by atoms with Crippen LogP contribution in [-0.4, -0.2) is 0 Å². The maximum Gasteiger partial charge on any atom is 0.135 e. The number of hydrogen-bond donors (Lipinski definition) is 0. The lowest BCUT2D eigenvalue weighted by Crippen LogP contribution is -2.10. The highest BCUT2D eigenvalue weighted by Crippen LogP contribution is 2.43. The Kier molecular flexibility index (Phi) is 9.18. The van der Waals surface area contributed by atoms with E-state index in [0.717, 1.165) is 67.2 Å². The minimum Gasteiger partial charge on any atom is -0.456 e. The zero-order chi connectivity index (χ0) is 40.5. The van der Waals surface area contributed by atoms with Crippen LogP contribution >= 0.6 is 0 Å². The Balaban J connectivity index is 0.909. The number of furan rings is 1. The average molecular weight is 781 g/mol. The standard InChI is InChI=1S/C58H40N2O/c1-3-12-41(13-4-1)42-22-24-43(25-23-42)44-26-32-49(33-27-44)59(48-16-5-2-6-17-48)50-34-28-45(29-35-50)46-30-36-51(37-31-46)60(56-20-11-15-47-14-7-8-18-53(47)56)52-38-39-58-55(40-52)54-19-9-10-21-57(54)61-58/h1-40H. The molecule has 1 heterocycles. The summed E-state index contributed by atoms with van der Waals surface area (Å²) < 4.78 is 6.22. The molecule has 0 unspecified atom stereocenters. The molecule has 11 rings (SSSR count). The molecular weight excluding hydrogens is 741 g/mol. The molecule has 0 aliphatic heterocycles. The van der Waals surface area contributed by atoms with E-state index in [1.807, 2.05) is 12.1 Å². The highest BCUT2D eigenvalue weighted by Gasteiger charge is 2.18. The summed E-state index contributed by atoms with van der Waals surface area (Å²) >= 11 is 0. The predicted octanol–water partition coefficient (Wildman–Crippen LogP) is 16.7. The van der Waals surface area contributed by atoms with Crippen LogP contribution in [0.5, 0.6) is 0 Å². The fraction of sp³-hybridized carbons (Fsp3) is 0. The Morgan fingerprint density at radius 3 is 1.26 bits per heavy atom. The largest absolute Gasteiger partial charge is 0.456 e. The van der Waals surface area contributed by atoms with E-state index in [2.05, 4.69) is 240 Å². The molecule has 61 heavy (non-hydrogen) atoms. The monoisotopic (exact) mass is 780 g/mol. The molecule has 11 aromatic rings. The molecule has 0 spiro atoms. The fourth-order valence-electron chi connectivity index (χ4n) is 8.60. The van der Waals surface area contributed by atoms with Gasteiger partial charge >= 0.3 is 0 Å². The van der Waals surface area contributed by atoms with Gasteiger partial charge in [0.1, 0.15) is 11.2 Å². The van der Waals surface area contributed by atoms with Crippen molar-refractivity contribution in [1.29, 1.82) is 0 Å². The molecule has 288 valence electrons. The summed E-state index contributed by atoms with van der Waals surface area (Å²) in [6.07, 6.45) is 0. The van der Waals surface area contributed by atoms with Crippen molar-refractivity contribution in [2.75, 3.05) is 9.80 Å². The van der Waals surface area contributed by atoms with Crippen LogP contribution in [0.25, 0.3) is 66.1 Å². The van der Waals surface area contributed by atoms with E-state index in [9.17, 15) is 0 Å². The number of nitrogens with zero attached hydrogens (tertiary/aromatic N) is 2. The molecule has 0 N–H and O–H groups in total. The van der Waals surface area contributed by atoms with E-state index in [1.165, 1.54) is 33.0 Å². The molecule has 3 heteroatoms. The average Bonchev–Trinajstić information content (AvgIpc) is 3.71. The van der Waals surface area contributed by atoms with Crippen molar-refractivity contribution >= 4 is 66.8 Å². The van der Waals surface area contributed by atoms with Crippen LogP contribution in [0.2, 0.25) is 0 Å². The van der Waals surface area contributed by atoms with Crippen LogP contribution in [0.3, 0.4) is 0 Å². The van der Waals surface area contributed by atoms with Crippen LogP contribution in [-0.2, 0) is 0 Å². The fourth-order valence-corrected chi connectivity index (χ4v) is 8.60. The second kappa shape index (κ2) is 15.6. The molecule has 10 aromatic carbocycles. The van der Waals surface area contributed by atoms with Crippen molar-refractivity contribution in [2.45, 2.75) is 0 Å². The van der Waals surface area contributed by atoms with Gasteiger partial charge in [0.25, 0.3) is 0 Å². The van der Waals surface area contributed by atoms with Gasteiger partial charge < -0.3 is 14.2 Å². The highest BCUT2D eigenvalue weighted by atomic mass is 16.3. The van der Waals surface area contributed by atoms with Crippen molar-refractivity contribution < 1.29 is 4.42 Å². The number of anilines is 6. The van der Waals surface area contributed by atoms with E-state index in [4.69, 9.17) is 4.42 Å². The molecule has 0 bridgehead atoms. The molecule has 3 nitrogen and oxygen atoms in total. The maximum absolute atomic E-state index is 6.22. The van der Waals surface area contributed by atoms with E-state index < -0.39 is 0 Å². The Bertz CT molecular complexity index is 3260. The van der Waals surface area contributed by atoms with Crippen LogP contribution in [0.4, 0.5) is 34.1 Å². The number of benzene rings is 10. The predicted molar refractivity (Wildman–Crippen MR) is 257 cm³/mol. The van der Waals surface area contributed by atoms with E-state index in [1.54, 1.807) is 0 Å². The quantitative estimate of drug-likeness (QED) is 0.145.